The Balaban J connectivity index is 1.83. The fraction of sp³-hybridized carbons (Fsp3) is 0.609. The lowest BCUT2D eigenvalue weighted by atomic mass is 9.91. The zero-order valence-corrected chi connectivity index (χ0v) is 16.2. The van der Waals surface area contributed by atoms with Crippen LogP contribution in [-0.4, -0.2) is 23.0 Å². The molecule has 0 saturated heterocycles. The van der Waals surface area contributed by atoms with Gasteiger partial charge >= 0.3 is 6.03 Å². The molecule has 0 aromatic heterocycles. The zero-order chi connectivity index (χ0) is 18.2. The Kier molecular flexibility index (Phi) is 7.16. The van der Waals surface area contributed by atoms with E-state index in [2.05, 4.69) is 46.6 Å². The molecule has 1 N–H and O–H groups in total. The molecule has 1 aromatic rings. The Bertz CT molecular complexity index is 571. The Morgan fingerprint density at radius 2 is 1.62 bits per heavy atom. The normalized spacial score (nSPS) is 20.8. The molecule has 0 radical (unpaired) electrons. The predicted molar refractivity (Wildman–Crippen MR) is 108 cm³/mol. The first-order valence-electron chi connectivity index (χ1n) is 10.6. The van der Waals surface area contributed by atoms with Gasteiger partial charge in [0.25, 0.3) is 0 Å². The van der Waals surface area contributed by atoms with Crippen LogP contribution in [0.25, 0.3) is 0 Å². The van der Waals surface area contributed by atoms with Gasteiger partial charge in [-0.1, -0.05) is 81.0 Å². The van der Waals surface area contributed by atoms with Crippen molar-refractivity contribution in [3.05, 3.63) is 48.0 Å². The van der Waals surface area contributed by atoms with Crippen LogP contribution in [0.1, 0.15) is 82.7 Å². The van der Waals surface area contributed by atoms with Crippen molar-refractivity contribution in [3.8, 4) is 0 Å². The minimum atomic E-state index is 0.0212. The second kappa shape index (κ2) is 9.80. The number of nitrogens with zero attached hydrogens (tertiary/aromatic N) is 1. The van der Waals surface area contributed by atoms with E-state index in [4.69, 9.17) is 0 Å². The number of hydrogen-bond donors (Lipinski definition) is 1. The van der Waals surface area contributed by atoms with E-state index in [1.807, 2.05) is 13.0 Å². The number of carbonyl (C=O) groups is 1. The zero-order valence-electron chi connectivity index (χ0n) is 16.2. The smallest absolute Gasteiger partial charge is 0.318 e. The van der Waals surface area contributed by atoms with Gasteiger partial charge in [0.05, 0.1) is 6.04 Å². The van der Waals surface area contributed by atoms with Gasteiger partial charge in [0.2, 0.25) is 0 Å². The van der Waals surface area contributed by atoms with Crippen LogP contribution in [0.2, 0.25) is 0 Å². The van der Waals surface area contributed by atoms with Crippen LogP contribution < -0.4 is 5.32 Å². The molecule has 2 fully saturated rings. The van der Waals surface area contributed by atoms with Crippen molar-refractivity contribution in [2.75, 3.05) is 0 Å². The summed E-state index contributed by atoms with van der Waals surface area (Å²) < 4.78 is 0. The maximum absolute atomic E-state index is 13.4. The molecule has 2 aliphatic rings. The largest absolute Gasteiger partial charge is 0.335 e. The maximum Gasteiger partial charge on any atom is 0.318 e. The Morgan fingerprint density at radius 3 is 2.23 bits per heavy atom. The number of amides is 2. The molecule has 0 aliphatic heterocycles. The Hall–Kier alpha value is -1.77. The third kappa shape index (κ3) is 4.90. The third-order valence-electron chi connectivity index (χ3n) is 5.95. The average molecular weight is 355 g/mol. The monoisotopic (exact) mass is 354 g/mol. The lowest BCUT2D eigenvalue weighted by Gasteiger charge is -2.40. The molecule has 1 unspecified atom stereocenters. The molecule has 1 aromatic carbocycles. The highest BCUT2D eigenvalue weighted by Gasteiger charge is 2.32. The first kappa shape index (κ1) is 19.0. The van der Waals surface area contributed by atoms with E-state index < -0.39 is 0 Å². The number of carbonyl (C=O) groups excluding carboxylic acids is 1. The second-order valence-electron chi connectivity index (χ2n) is 7.86. The molecule has 1 atom stereocenters. The van der Waals surface area contributed by atoms with Crippen molar-refractivity contribution in [2.45, 2.75) is 89.3 Å². The number of benzene rings is 1. The van der Waals surface area contributed by atoms with Crippen molar-refractivity contribution in [2.24, 2.45) is 0 Å². The van der Waals surface area contributed by atoms with Crippen LogP contribution in [0.5, 0.6) is 0 Å². The van der Waals surface area contributed by atoms with Crippen molar-refractivity contribution in [1.82, 2.24) is 10.2 Å². The summed E-state index contributed by atoms with van der Waals surface area (Å²) in [6.45, 7) is 2.05. The van der Waals surface area contributed by atoms with E-state index in [1.54, 1.807) is 0 Å². The fourth-order valence-electron chi connectivity index (χ4n) is 4.57. The summed E-state index contributed by atoms with van der Waals surface area (Å²) >= 11 is 0. The Labute approximate surface area is 158 Å². The van der Waals surface area contributed by atoms with Crippen molar-refractivity contribution < 1.29 is 4.79 Å². The predicted octanol–water partition coefficient (Wildman–Crippen LogP) is 5.98. The minimum absolute atomic E-state index is 0.0212. The number of urea groups is 1. The van der Waals surface area contributed by atoms with Gasteiger partial charge in [0.15, 0.2) is 0 Å². The lowest BCUT2D eigenvalue weighted by molar-refractivity contribution is 0.132. The first-order valence-corrected chi connectivity index (χ1v) is 10.6. The van der Waals surface area contributed by atoms with Gasteiger partial charge in [0.1, 0.15) is 0 Å². The van der Waals surface area contributed by atoms with E-state index in [0.29, 0.717) is 12.1 Å². The fourth-order valence-corrected chi connectivity index (χ4v) is 4.57. The molecule has 0 spiro atoms. The number of allylic oxidation sites excluding steroid dienone is 1. The molecule has 2 aliphatic carbocycles. The van der Waals surface area contributed by atoms with Crippen molar-refractivity contribution >= 4 is 6.03 Å². The molecule has 2 saturated carbocycles. The summed E-state index contributed by atoms with van der Waals surface area (Å²) in [5.41, 5.74) is 1.20. The molecule has 26 heavy (non-hydrogen) atoms. The summed E-state index contributed by atoms with van der Waals surface area (Å²) in [6.07, 6.45) is 16.3. The quantitative estimate of drug-likeness (QED) is 0.648. The molecule has 3 rings (SSSR count). The lowest BCUT2D eigenvalue weighted by Crippen LogP contribution is -2.51. The van der Waals surface area contributed by atoms with Crippen LogP contribution in [0.4, 0.5) is 4.79 Å². The van der Waals surface area contributed by atoms with Crippen molar-refractivity contribution in [3.63, 3.8) is 0 Å². The Morgan fingerprint density at radius 1 is 1.00 bits per heavy atom. The summed E-state index contributed by atoms with van der Waals surface area (Å²) in [5, 5.41) is 3.38. The molecule has 0 bridgehead atoms. The SMILES string of the molecule is C/C=C/C(c1ccccc1)N(C(=O)NC1CCCCC1)C1CCCCC1. The molecular formula is C23H34N2O. The van der Waals surface area contributed by atoms with Crippen molar-refractivity contribution in [1.29, 1.82) is 0 Å². The van der Waals surface area contributed by atoms with Crippen LogP contribution in [0, 0.1) is 0 Å². The van der Waals surface area contributed by atoms with Gasteiger partial charge in [-0.2, -0.15) is 0 Å². The summed E-state index contributed by atoms with van der Waals surface area (Å²) in [4.78, 5) is 15.5. The topological polar surface area (TPSA) is 32.3 Å². The molecule has 3 heteroatoms. The maximum atomic E-state index is 13.4. The first-order chi connectivity index (χ1) is 12.8. The number of hydrogen-bond acceptors (Lipinski definition) is 1. The van der Waals surface area contributed by atoms with Crippen LogP contribution >= 0.6 is 0 Å². The van der Waals surface area contributed by atoms with Crippen LogP contribution in [0.3, 0.4) is 0 Å². The van der Waals surface area contributed by atoms with E-state index in [1.165, 1.54) is 44.1 Å². The highest BCUT2D eigenvalue weighted by Crippen LogP contribution is 2.32. The van der Waals surface area contributed by atoms with E-state index in [9.17, 15) is 4.79 Å². The summed E-state index contributed by atoms with van der Waals surface area (Å²) in [5.74, 6) is 0. The van der Waals surface area contributed by atoms with E-state index in [0.717, 1.165) is 25.7 Å². The van der Waals surface area contributed by atoms with Gasteiger partial charge < -0.3 is 10.2 Å². The minimum Gasteiger partial charge on any atom is -0.335 e. The van der Waals surface area contributed by atoms with Gasteiger partial charge in [0, 0.05) is 12.1 Å². The molecule has 0 heterocycles. The third-order valence-corrected chi connectivity index (χ3v) is 5.95. The van der Waals surface area contributed by atoms with Gasteiger partial charge in [-0.15, -0.1) is 0 Å². The molecular weight excluding hydrogens is 320 g/mol. The highest BCUT2D eigenvalue weighted by atomic mass is 16.2. The van der Waals surface area contributed by atoms with Gasteiger partial charge in [-0.3, -0.25) is 0 Å². The molecule has 142 valence electrons. The van der Waals surface area contributed by atoms with Gasteiger partial charge in [-0.05, 0) is 38.2 Å². The van der Waals surface area contributed by atoms with E-state index >= 15 is 0 Å². The summed E-state index contributed by atoms with van der Waals surface area (Å²) in [6, 6.07) is 11.3. The number of nitrogens with one attached hydrogen (secondary N) is 1. The van der Waals surface area contributed by atoms with Crippen LogP contribution in [0.15, 0.2) is 42.5 Å². The molecule has 2 amide bonds. The summed E-state index contributed by atoms with van der Waals surface area (Å²) in [7, 11) is 0. The number of rotatable bonds is 5. The standard InChI is InChI=1S/C23H34N2O/c1-2-12-22(19-13-6-3-7-14-19)25(21-17-10-5-11-18-21)23(26)24-20-15-8-4-9-16-20/h2-3,6-7,12-14,20-22H,4-5,8-11,15-18H2,1H3,(H,24,26)/b12-2+. The van der Waals surface area contributed by atoms with E-state index in [-0.39, 0.29) is 12.1 Å². The van der Waals surface area contributed by atoms with Gasteiger partial charge in [-0.25, -0.2) is 4.79 Å². The van der Waals surface area contributed by atoms with Crippen LogP contribution in [-0.2, 0) is 0 Å². The second-order valence-corrected chi connectivity index (χ2v) is 7.86. The molecule has 3 nitrogen and oxygen atoms in total. The highest BCUT2D eigenvalue weighted by molar-refractivity contribution is 5.76. The average Bonchev–Trinajstić information content (AvgIpc) is 2.70.